The fourth-order valence-corrected chi connectivity index (χ4v) is 6.37. The van der Waals surface area contributed by atoms with E-state index in [2.05, 4.69) is 39.9 Å². The van der Waals surface area contributed by atoms with Crippen LogP contribution in [-0.2, 0) is 10.3 Å². The van der Waals surface area contributed by atoms with Gasteiger partial charge in [-0.3, -0.25) is 0 Å². The average Bonchev–Trinajstić information content (AvgIpc) is 3.60. The number of hydrogen-bond acceptors (Lipinski definition) is 8. The smallest absolute Gasteiger partial charge is 0.250 e. The Kier molecular flexibility index (Phi) is 8.15. The minimum atomic E-state index is -2.22. The maximum Gasteiger partial charge on any atom is 0.250 e. The molecule has 7 nitrogen and oxygen atoms in total. The highest BCUT2D eigenvalue weighted by molar-refractivity contribution is 7.11. The van der Waals surface area contributed by atoms with Crippen molar-refractivity contribution < 1.29 is 28.1 Å². The van der Waals surface area contributed by atoms with Crippen molar-refractivity contribution in [2.75, 3.05) is 28.4 Å². The Bertz CT molecular complexity index is 1450. The minimum Gasteiger partial charge on any atom is -0.541 e. The van der Waals surface area contributed by atoms with E-state index in [1.54, 1.807) is 28.4 Å². The predicted molar refractivity (Wildman–Crippen MR) is 160 cm³/mol. The zero-order valence-electron chi connectivity index (χ0n) is 24.6. The molecule has 0 N–H and O–H groups in total. The van der Waals surface area contributed by atoms with E-state index >= 15 is 0 Å². The van der Waals surface area contributed by atoms with Crippen LogP contribution in [0.25, 0.3) is 5.76 Å². The number of thiophene rings is 1. The van der Waals surface area contributed by atoms with Gasteiger partial charge in [0, 0.05) is 17.5 Å². The summed E-state index contributed by atoms with van der Waals surface area (Å²) in [6.07, 6.45) is 0.286. The first kappa shape index (κ1) is 29.4. The zero-order valence-corrected chi connectivity index (χ0v) is 26.4. The van der Waals surface area contributed by atoms with Crippen LogP contribution in [-0.4, -0.2) is 36.8 Å². The monoisotopic (exact) mass is 579 g/mol. The van der Waals surface area contributed by atoms with E-state index in [9.17, 15) is 5.26 Å². The van der Waals surface area contributed by atoms with Crippen LogP contribution in [0.5, 0.6) is 28.7 Å². The van der Waals surface area contributed by atoms with E-state index in [1.165, 1.54) is 11.3 Å². The van der Waals surface area contributed by atoms with E-state index in [0.29, 0.717) is 45.6 Å². The third-order valence-corrected chi connectivity index (χ3v) is 13.0. The molecule has 0 aliphatic carbocycles. The normalized spacial score (nSPS) is 17.2. The van der Waals surface area contributed by atoms with Crippen molar-refractivity contribution in [2.24, 2.45) is 0 Å². The molecular formula is C31H37NO6SSi. The van der Waals surface area contributed by atoms with Crippen LogP contribution in [0, 0.1) is 11.3 Å². The number of nitrogens with zero attached hydrogens (tertiary/aromatic N) is 1. The van der Waals surface area contributed by atoms with Crippen molar-refractivity contribution in [1.29, 1.82) is 5.26 Å². The molecule has 1 aromatic heterocycles. The Morgan fingerprint density at radius 2 is 1.57 bits per heavy atom. The molecule has 3 aromatic rings. The molecule has 1 aliphatic rings. The van der Waals surface area contributed by atoms with Gasteiger partial charge in [-0.2, -0.15) is 5.26 Å². The summed E-state index contributed by atoms with van der Waals surface area (Å²) in [6, 6.07) is 15.9. The van der Waals surface area contributed by atoms with Crippen molar-refractivity contribution in [2.45, 2.75) is 50.9 Å². The van der Waals surface area contributed by atoms with Crippen molar-refractivity contribution in [1.82, 2.24) is 0 Å². The van der Waals surface area contributed by atoms with Crippen LogP contribution in [0.4, 0.5) is 0 Å². The van der Waals surface area contributed by atoms with Crippen LogP contribution in [0.15, 0.2) is 53.4 Å². The van der Waals surface area contributed by atoms with Crippen LogP contribution in [0.2, 0.25) is 18.1 Å². The second kappa shape index (κ2) is 11.1. The zero-order chi connectivity index (χ0) is 29.3. The highest BCUT2D eigenvalue weighted by Gasteiger charge is 2.48. The molecule has 1 aliphatic heterocycles. The molecule has 4 rings (SSSR count). The molecule has 2 heterocycles. The Morgan fingerprint density at radius 1 is 0.900 bits per heavy atom. The molecule has 1 atom stereocenters. The summed E-state index contributed by atoms with van der Waals surface area (Å²) in [5, 5.41) is 12.2. The van der Waals surface area contributed by atoms with Crippen molar-refractivity contribution in [3.05, 3.63) is 69.4 Å². The molecule has 212 valence electrons. The Morgan fingerprint density at radius 3 is 2.12 bits per heavy atom. The topological polar surface area (TPSA) is 79.2 Å². The predicted octanol–water partition coefficient (Wildman–Crippen LogP) is 7.77. The average molecular weight is 580 g/mol. The molecule has 0 bridgehead atoms. The van der Waals surface area contributed by atoms with E-state index in [1.807, 2.05) is 47.8 Å². The summed E-state index contributed by atoms with van der Waals surface area (Å²) in [4.78, 5) is 0.879. The molecule has 1 unspecified atom stereocenters. The number of hydrogen-bond donors (Lipinski definition) is 0. The van der Waals surface area contributed by atoms with Gasteiger partial charge in [-0.1, -0.05) is 32.9 Å². The van der Waals surface area contributed by atoms with Crippen molar-refractivity contribution in [3.63, 3.8) is 0 Å². The summed E-state index contributed by atoms with van der Waals surface area (Å²) in [5.74, 6) is 3.26. The Hall–Kier alpha value is -3.61. The minimum absolute atomic E-state index is 0.0238. The maximum atomic E-state index is 10.3. The van der Waals surface area contributed by atoms with E-state index < -0.39 is 13.9 Å². The maximum absolute atomic E-state index is 10.3. The summed E-state index contributed by atoms with van der Waals surface area (Å²) in [6.45, 7) is 11.0. The van der Waals surface area contributed by atoms with Crippen LogP contribution >= 0.6 is 11.3 Å². The van der Waals surface area contributed by atoms with Gasteiger partial charge in [0.2, 0.25) is 5.75 Å². The SMILES string of the molecule is COc1ccc(C2(c3ccc(OC)c(OC)c3OC)CC(C#N)=C(c3cccs3)O2)cc1O[Si](C)(C)C(C)(C)C. The third kappa shape index (κ3) is 5.02. The highest BCUT2D eigenvalue weighted by atomic mass is 32.1. The molecule has 40 heavy (non-hydrogen) atoms. The van der Waals surface area contributed by atoms with Crippen LogP contribution in [0.1, 0.15) is 43.2 Å². The first-order chi connectivity index (χ1) is 19.0. The van der Waals surface area contributed by atoms with Gasteiger partial charge in [0.25, 0.3) is 8.32 Å². The standard InChI is InChI=1S/C31H37NO6SSi/c1-30(2,3)40(8,9)38-25-17-21(12-14-23(25)33-4)31(18-20(19-32)27(37-31)26-11-10-16-39-26)22-13-15-24(34-5)29(36-7)28(22)35-6/h10-17H,18H2,1-9H3. The number of rotatable bonds is 9. The lowest BCUT2D eigenvalue weighted by molar-refractivity contribution is 0.0969. The first-order valence-electron chi connectivity index (χ1n) is 13.0. The van der Waals surface area contributed by atoms with Crippen LogP contribution < -0.4 is 23.4 Å². The van der Waals surface area contributed by atoms with Gasteiger partial charge < -0.3 is 28.1 Å². The van der Waals surface area contributed by atoms with Gasteiger partial charge in [-0.25, -0.2) is 0 Å². The molecule has 0 saturated carbocycles. The molecule has 2 aromatic carbocycles. The fourth-order valence-electron chi connectivity index (χ4n) is 4.62. The van der Waals surface area contributed by atoms with E-state index in [4.69, 9.17) is 28.1 Å². The quantitative estimate of drug-likeness (QED) is 0.240. The molecule has 0 spiro atoms. The van der Waals surface area contributed by atoms with Crippen molar-refractivity contribution >= 4 is 25.4 Å². The number of ether oxygens (including phenoxy) is 5. The van der Waals surface area contributed by atoms with E-state index in [0.717, 1.165) is 10.4 Å². The fraction of sp³-hybridized carbons (Fsp3) is 0.387. The summed E-state index contributed by atoms with van der Waals surface area (Å²) < 4.78 is 36.6. The number of benzene rings is 2. The Balaban J connectivity index is 1.99. The van der Waals surface area contributed by atoms with Crippen LogP contribution in [0.3, 0.4) is 0 Å². The largest absolute Gasteiger partial charge is 0.541 e. The van der Waals surface area contributed by atoms with Gasteiger partial charge in [-0.05, 0) is 53.8 Å². The molecule has 0 saturated heterocycles. The van der Waals surface area contributed by atoms with Gasteiger partial charge in [0.1, 0.15) is 5.75 Å². The van der Waals surface area contributed by atoms with Gasteiger partial charge in [0.15, 0.2) is 28.6 Å². The van der Waals surface area contributed by atoms with Gasteiger partial charge in [0.05, 0.1) is 45.0 Å². The lowest BCUT2D eigenvalue weighted by Gasteiger charge is -2.38. The lowest BCUT2D eigenvalue weighted by atomic mass is 9.81. The van der Waals surface area contributed by atoms with Gasteiger partial charge in [-0.15, -0.1) is 11.3 Å². The second-order valence-corrected chi connectivity index (χ2v) is 16.8. The Labute approximate surface area is 242 Å². The van der Waals surface area contributed by atoms with Crippen molar-refractivity contribution in [3.8, 4) is 34.8 Å². The number of nitriles is 1. The van der Waals surface area contributed by atoms with Gasteiger partial charge >= 0.3 is 0 Å². The summed E-state index contributed by atoms with van der Waals surface area (Å²) >= 11 is 1.52. The molecule has 0 amide bonds. The second-order valence-electron chi connectivity index (χ2n) is 11.1. The molecule has 0 fully saturated rings. The summed E-state index contributed by atoms with van der Waals surface area (Å²) in [7, 11) is 4.15. The molecule has 9 heteroatoms. The highest BCUT2D eigenvalue weighted by Crippen LogP contribution is 2.56. The van der Waals surface area contributed by atoms with E-state index in [-0.39, 0.29) is 11.5 Å². The molecular weight excluding hydrogens is 542 g/mol. The molecule has 0 radical (unpaired) electrons. The first-order valence-corrected chi connectivity index (χ1v) is 16.8. The third-order valence-electron chi connectivity index (χ3n) is 7.80. The lowest BCUT2D eigenvalue weighted by Crippen LogP contribution is -2.44. The number of methoxy groups -OCH3 is 4. The summed E-state index contributed by atoms with van der Waals surface area (Å²) in [5.41, 5.74) is 0.928.